The van der Waals surface area contributed by atoms with E-state index in [-0.39, 0.29) is 12.2 Å². The average molecular weight is 316 g/mol. The van der Waals surface area contributed by atoms with Crippen LogP contribution in [0, 0.1) is 0 Å². The van der Waals surface area contributed by atoms with Gasteiger partial charge in [-0.1, -0.05) is 28.1 Å². The lowest BCUT2D eigenvalue weighted by Crippen LogP contribution is -2.26. The van der Waals surface area contributed by atoms with E-state index in [1.165, 1.54) is 5.56 Å². The molecule has 2 unspecified atom stereocenters. The van der Waals surface area contributed by atoms with Crippen molar-refractivity contribution in [3.8, 4) is 0 Å². The molecule has 1 N–H and O–H groups in total. The molecule has 0 bridgehead atoms. The number of hydrogen-bond acceptors (Lipinski definition) is 3. The van der Waals surface area contributed by atoms with Gasteiger partial charge in [-0.3, -0.25) is 0 Å². The Morgan fingerprint density at radius 3 is 2.50 bits per heavy atom. The van der Waals surface area contributed by atoms with E-state index in [9.17, 15) is 0 Å². The summed E-state index contributed by atoms with van der Waals surface area (Å²) in [5.41, 5.74) is 1.18. The van der Waals surface area contributed by atoms with Crippen molar-refractivity contribution in [3.05, 3.63) is 34.3 Å². The third kappa shape index (κ3) is 5.48. The molecule has 0 saturated heterocycles. The zero-order valence-electron chi connectivity index (χ0n) is 11.3. The SMILES string of the molecule is CCOCC(C)OC(CNC)c1ccc(Br)cc1. The molecule has 1 aromatic carbocycles. The predicted octanol–water partition coefficient (Wildman–Crippen LogP) is 3.15. The first-order chi connectivity index (χ1) is 8.67. The zero-order chi connectivity index (χ0) is 13.4. The van der Waals surface area contributed by atoms with Crippen molar-refractivity contribution >= 4 is 15.9 Å². The highest BCUT2D eigenvalue weighted by Crippen LogP contribution is 2.21. The van der Waals surface area contributed by atoms with Crippen LogP contribution in [0.2, 0.25) is 0 Å². The van der Waals surface area contributed by atoms with Crippen molar-refractivity contribution in [1.29, 1.82) is 0 Å². The minimum Gasteiger partial charge on any atom is -0.379 e. The van der Waals surface area contributed by atoms with Gasteiger partial charge in [0.15, 0.2) is 0 Å². The zero-order valence-corrected chi connectivity index (χ0v) is 12.9. The van der Waals surface area contributed by atoms with Crippen LogP contribution >= 0.6 is 15.9 Å². The van der Waals surface area contributed by atoms with Crippen LogP contribution in [0.4, 0.5) is 0 Å². The third-order valence-electron chi connectivity index (χ3n) is 2.58. The number of rotatable bonds is 8. The summed E-state index contributed by atoms with van der Waals surface area (Å²) in [6.07, 6.45) is 0.144. The summed E-state index contributed by atoms with van der Waals surface area (Å²) >= 11 is 3.44. The maximum absolute atomic E-state index is 6.02. The Morgan fingerprint density at radius 2 is 1.94 bits per heavy atom. The fourth-order valence-electron chi connectivity index (χ4n) is 1.71. The van der Waals surface area contributed by atoms with Gasteiger partial charge in [0, 0.05) is 17.6 Å². The molecule has 0 aliphatic carbocycles. The number of halogens is 1. The summed E-state index contributed by atoms with van der Waals surface area (Å²) < 4.78 is 12.5. The molecule has 18 heavy (non-hydrogen) atoms. The molecule has 0 spiro atoms. The number of hydrogen-bond donors (Lipinski definition) is 1. The lowest BCUT2D eigenvalue weighted by molar-refractivity contribution is -0.0464. The molecule has 4 heteroatoms. The standard InChI is InChI=1S/C14H22BrNO2/c1-4-17-10-11(2)18-14(9-16-3)12-5-7-13(15)8-6-12/h5-8,11,14,16H,4,9-10H2,1-3H3. The number of likely N-dealkylation sites (N-methyl/N-ethyl adjacent to an activating group) is 1. The molecule has 102 valence electrons. The van der Waals surface area contributed by atoms with Crippen molar-refractivity contribution in [1.82, 2.24) is 5.32 Å². The third-order valence-corrected chi connectivity index (χ3v) is 3.11. The van der Waals surface area contributed by atoms with Crippen LogP contribution in [0.15, 0.2) is 28.7 Å². The van der Waals surface area contributed by atoms with E-state index in [0.717, 1.165) is 17.6 Å². The molecule has 0 heterocycles. The molecule has 0 aromatic heterocycles. The number of ether oxygens (including phenoxy) is 2. The van der Waals surface area contributed by atoms with Gasteiger partial charge in [0.05, 0.1) is 18.8 Å². The molecule has 1 aromatic rings. The van der Waals surface area contributed by atoms with E-state index >= 15 is 0 Å². The van der Waals surface area contributed by atoms with Crippen LogP contribution in [-0.2, 0) is 9.47 Å². The highest BCUT2D eigenvalue weighted by molar-refractivity contribution is 9.10. The van der Waals surface area contributed by atoms with E-state index in [1.54, 1.807) is 0 Å². The van der Waals surface area contributed by atoms with Gasteiger partial charge < -0.3 is 14.8 Å². The summed E-state index contributed by atoms with van der Waals surface area (Å²) in [5.74, 6) is 0. The second-order valence-electron chi connectivity index (χ2n) is 4.20. The first-order valence-electron chi connectivity index (χ1n) is 6.30. The molecule has 0 aliphatic rings. The van der Waals surface area contributed by atoms with Gasteiger partial charge >= 0.3 is 0 Å². The number of benzene rings is 1. The van der Waals surface area contributed by atoms with Crippen LogP contribution in [-0.4, -0.2) is 32.9 Å². The summed E-state index contributed by atoms with van der Waals surface area (Å²) in [4.78, 5) is 0. The van der Waals surface area contributed by atoms with E-state index in [0.29, 0.717) is 6.61 Å². The van der Waals surface area contributed by atoms with Crippen molar-refractivity contribution in [2.75, 3.05) is 26.8 Å². The lowest BCUT2D eigenvalue weighted by Gasteiger charge is -2.22. The lowest BCUT2D eigenvalue weighted by atomic mass is 10.1. The van der Waals surface area contributed by atoms with Crippen molar-refractivity contribution in [2.24, 2.45) is 0 Å². The normalized spacial score (nSPS) is 14.4. The van der Waals surface area contributed by atoms with Crippen LogP contribution < -0.4 is 5.32 Å². The molecular formula is C14H22BrNO2. The smallest absolute Gasteiger partial charge is 0.0953 e. The highest BCUT2D eigenvalue weighted by atomic mass is 79.9. The Kier molecular flexibility index (Phi) is 7.51. The van der Waals surface area contributed by atoms with E-state index in [1.807, 2.05) is 33.0 Å². The molecule has 3 nitrogen and oxygen atoms in total. The van der Waals surface area contributed by atoms with Gasteiger partial charge in [-0.2, -0.15) is 0 Å². The molecular weight excluding hydrogens is 294 g/mol. The monoisotopic (exact) mass is 315 g/mol. The Bertz CT molecular complexity index is 329. The van der Waals surface area contributed by atoms with Crippen LogP contribution in [0.5, 0.6) is 0 Å². The van der Waals surface area contributed by atoms with E-state index in [4.69, 9.17) is 9.47 Å². The Morgan fingerprint density at radius 1 is 1.28 bits per heavy atom. The van der Waals surface area contributed by atoms with E-state index in [2.05, 4.69) is 33.4 Å². The van der Waals surface area contributed by atoms with Gasteiger partial charge in [-0.25, -0.2) is 0 Å². The molecule has 0 aliphatic heterocycles. The van der Waals surface area contributed by atoms with Crippen molar-refractivity contribution < 1.29 is 9.47 Å². The summed E-state index contributed by atoms with van der Waals surface area (Å²) in [5, 5.41) is 3.16. The molecule has 2 atom stereocenters. The van der Waals surface area contributed by atoms with Gasteiger partial charge in [-0.15, -0.1) is 0 Å². The molecule has 1 rings (SSSR count). The maximum Gasteiger partial charge on any atom is 0.0953 e. The van der Waals surface area contributed by atoms with Gasteiger partial charge in [0.2, 0.25) is 0 Å². The topological polar surface area (TPSA) is 30.5 Å². The Labute approximate surface area is 118 Å². The largest absolute Gasteiger partial charge is 0.379 e. The fourth-order valence-corrected chi connectivity index (χ4v) is 1.98. The van der Waals surface area contributed by atoms with Gasteiger partial charge in [0.1, 0.15) is 0 Å². The average Bonchev–Trinajstić information content (AvgIpc) is 2.37. The second kappa shape index (κ2) is 8.64. The Balaban J connectivity index is 2.61. The van der Waals surface area contributed by atoms with Crippen LogP contribution in [0.3, 0.4) is 0 Å². The summed E-state index contributed by atoms with van der Waals surface area (Å²) in [6, 6.07) is 8.24. The van der Waals surface area contributed by atoms with E-state index < -0.39 is 0 Å². The molecule has 0 fully saturated rings. The quantitative estimate of drug-likeness (QED) is 0.799. The first kappa shape index (κ1) is 15.6. The summed E-state index contributed by atoms with van der Waals surface area (Å²) in [7, 11) is 1.93. The minimum absolute atomic E-state index is 0.0542. The Hall–Kier alpha value is -0.420. The van der Waals surface area contributed by atoms with Crippen molar-refractivity contribution in [3.63, 3.8) is 0 Å². The molecule has 0 amide bonds. The predicted molar refractivity (Wildman–Crippen MR) is 77.8 cm³/mol. The summed E-state index contributed by atoms with van der Waals surface area (Å²) in [6.45, 7) is 6.18. The van der Waals surface area contributed by atoms with Gasteiger partial charge in [-0.05, 0) is 38.6 Å². The molecule has 0 radical (unpaired) electrons. The number of nitrogens with one attached hydrogen (secondary N) is 1. The molecule has 0 saturated carbocycles. The van der Waals surface area contributed by atoms with Gasteiger partial charge in [0.25, 0.3) is 0 Å². The first-order valence-corrected chi connectivity index (χ1v) is 7.10. The second-order valence-corrected chi connectivity index (χ2v) is 5.12. The van der Waals surface area contributed by atoms with Crippen LogP contribution in [0.25, 0.3) is 0 Å². The fraction of sp³-hybridized carbons (Fsp3) is 0.571. The van der Waals surface area contributed by atoms with Crippen molar-refractivity contribution in [2.45, 2.75) is 26.1 Å². The maximum atomic E-state index is 6.02. The van der Waals surface area contributed by atoms with Crippen LogP contribution in [0.1, 0.15) is 25.5 Å². The highest BCUT2D eigenvalue weighted by Gasteiger charge is 2.15. The minimum atomic E-state index is 0.0542.